The third-order valence-corrected chi connectivity index (χ3v) is 7.47. The highest BCUT2D eigenvalue weighted by molar-refractivity contribution is 5.68. The summed E-state index contributed by atoms with van der Waals surface area (Å²) in [5, 5.41) is 0. The Morgan fingerprint density at radius 3 is 1.79 bits per heavy atom. The molecule has 0 aliphatic heterocycles. The average Bonchev–Trinajstić information content (AvgIpc) is 3.40. The molecular formula is C37H41N3O2. The van der Waals surface area contributed by atoms with Gasteiger partial charge in [0.1, 0.15) is 17.3 Å². The standard InChI is InChI=1S/C37H41N3O2/c1-4-6-25-40-35(36(31-13-9-7-10-14-31)38-37(40)32-15-11-8-12-16-32)28-39(26-29-17-21-33(41-3)22-18-29)27-30-19-23-34(24-20-30)42-5-2/h7-24H,4-6,25-28H2,1-3H3. The number of rotatable bonds is 14. The van der Waals surface area contributed by atoms with Crippen molar-refractivity contribution >= 4 is 0 Å². The van der Waals surface area contributed by atoms with Crippen LogP contribution in [0.2, 0.25) is 0 Å². The lowest BCUT2D eigenvalue weighted by Gasteiger charge is -2.25. The van der Waals surface area contributed by atoms with E-state index in [9.17, 15) is 0 Å². The Morgan fingerprint density at radius 1 is 0.667 bits per heavy atom. The minimum atomic E-state index is 0.663. The summed E-state index contributed by atoms with van der Waals surface area (Å²) < 4.78 is 13.6. The van der Waals surface area contributed by atoms with Crippen molar-refractivity contribution in [2.75, 3.05) is 13.7 Å². The van der Waals surface area contributed by atoms with Gasteiger partial charge in [-0.25, -0.2) is 4.98 Å². The van der Waals surface area contributed by atoms with Gasteiger partial charge in [0, 0.05) is 37.3 Å². The minimum Gasteiger partial charge on any atom is -0.497 e. The van der Waals surface area contributed by atoms with Gasteiger partial charge in [0.25, 0.3) is 0 Å². The highest BCUT2D eigenvalue weighted by Crippen LogP contribution is 2.32. The van der Waals surface area contributed by atoms with Gasteiger partial charge in [0.15, 0.2) is 0 Å². The van der Waals surface area contributed by atoms with Crippen molar-refractivity contribution in [3.8, 4) is 34.1 Å². The maximum absolute atomic E-state index is 5.70. The van der Waals surface area contributed by atoms with Gasteiger partial charge in [0.2, 0.25) is 0 Å². The fourth-order valence-electron chi connectivity index (χ4n) is 5.32. The lowest BCUT2D eigenvalue weighted by atomic mass is 10.1. The monoisotopic (exact) mass is 559 g/mol. The van der Waals surface area contributed by atoms with Crippen LogP contribution in [0.5, 0.6) is 11.5 Å². The van der Waals surface area contributed by atoms with E-state index in [4.69, 9.17) is 14.5 Å². The highest BCUT2D eigenvalue weighted by Gasteiger charge is 2.22. The van der Waals surface area contributed by atoms with Gasteiger partial charge >= 0.3 is 0 Å². The number of unbranched alkanes of at least 4 members (excludes halogenated alkanes) is 1. The second-order valence-corrected chi connectivity index (χ2v) is 10.5. The number of ether oxygens (including phenoxy) is 2. The van der Waals surface area contributed by atoms with E-state index in [1.807, 2.05) is 19.1 Å². The summed E-state index contributed by atoms with van der Waals surface area (Å²) in [5.41, 5.74) is 7.07. The first-order valence-electron chi connectivity index (χ1n) is 15.0. The second kappa shape index (κ2) is 14.5. The van der Waals surface area contributed by atoms with Crippen molar-refractivity contribution in [1.29, 1.82) is 0 Å². The molecular weight excluding hydrogens is 518 g/mol. The molecule has 0 amide bonds. The molecule has 0 fully saturated rings. The lowest BCUT2D eigenvalue weighted by molar-refractivity contribution is 0.241. The normalized spacial score (nSPS) is 11.1. The molecule has 5 nitrogen and oxygen atoms in total. The molecule has 42 heavy (non-hydrogen) atoms. The van der Waals surface area contributed by atoms with Crippen LogP contribution >= 0.6 is 0 Å². The number of imidazole rings is 1. The van der Waals surface area contributed by atoms with Gasteiger partial charge in [-0.2, -0.15) is 0 Å². The van der Waals surface area contributed by atoms with Crippen molar-refractivity contribution in [2.24, 2.45) is 0 Å². The van der Waals surface area contributed by atoms with Gasteiger partial charge in [-0.15, -0.1) is 0 Å². The smallest absolute Gasteiger partial charge is 0.140 e. The zero-order valence-corrected chi connectivity index (χ0v) is 25.0. The summed E-state index contributed by atoms with van der Waals surface area (Å²) in [7, 11) is 1.71. The van der Waals surface area contributed by atoms with Gasteiger partial charge in [-0.1, -0.05) is 98.3 Å². The van der Waals surface area contributed by atoms with E-state index in [2.05, 4.69) is 113 Å². The van der Waals surface area contributed by atoms with Crippen LogP contribution in [0, 0.1) is 0 Å². The van der Waals surface area contributed by atoms with Crippen LogP contribution in [0.15, 0.2) is 109 Å². The number of benzene rings is 4. The number of hydrogen-bond acceptors (Lipinski definition) is 4. The van der Waals surface area contributed by atoms with Crippen LogP contribution in [0.4, 0.5) is 0 Å². The van der Waals surface area contributed by atoms with Gasteiger partial charge in [-0.05, 0) is 48.7 Å². The van der Waals surface area contributed by atoms with E-state index >= 15 is 0 Å². The predicted molar refractivity (Wildman–Crippen MR) is 172 cm³/mol. The lowest BCUT2D eigenvalue weighted by Crippen LogP contribution is -2.24. The quantitative estimate of drug-likeness (QED) is 0.137. The molecule has 0 unspecified atom stereocenters. The molecule has 0 radical (unpaired) electrons. The first-order valence-corrected chi connectivity index (χ1v) is 15.0. The number of methoxy groups -OCH3 is 1. The minimum absolute atomic E-state index is 0.663. The molecule has 0 aliphatic carbocycles. The van der Waals surface area contributed by atoms with E-state index in [0.29, 0.717) is 6.61 Å². The zero-order valence-electron chi connectivity index (χ0n) is 25.0. The average molecular weight is 560 g/mol. The second-order valence-electron chi connectivity index (χ2n) is 10.5. The van der Waals surface area contributed by atoms with E-state index < -0.39 is 0 Å². The van der Waals surface area contributed by atoms with Crippen molar-refractivity contribution in [2.45, 2.75) is 52.9 Å². The molecule has 216 valence electrons. The fourth-order valence-corrected chi connectivity index (χ4v) is 5.32. The Balaban J connectivity index is 1.57. The van der Waals surface area contributed by atoms with Crippen LogP contribution in [-0.2, 0) is 26.2 Å². The van der Waals surface area contributed by atoms with Gasteiger partial charge in [-0.3, -0.25) is 4.90 Å². The Morgan fingerprint density at radius 2 is 1.24 bits per heavy atom. The van der Waals surface area contributed by atoms with Crippen molar-refractivity contribution in [3.63, 3.8) is 0 Å². The van der Waals surface area contributed by atoms with E-state index in [-0.39, 0.29) is 0 Å². The van der Waals surface area contributed by atoms with Gasteiger partial charge in [0.05, 0.1) is 25.1 Å². The first kappa shape index (κ1) is 29.2. The Kier molecular flexibility index (Phi) is 10.1. The molecule has 4 aromatic carbocycles. The van der Waals surface area contributed by atoms with Crippen LogP contribution in [0.3, 0.4) is 0 Å². The highest BCUT2D eigenvalue weighted by atomic mass is 16.5. The molecule has 0 bridgehead atoms. The predicted octanol–water partition coefficient (Wildman–Crippen LogP) is 8.63. The van der Waals surface area contributed by atoms with Crippen molar-refractivity contribution in [3.05, 3.63) is 126 Å². The molecule has 5 heteroatoms. The summed E-state index contributed by atoms with van der Waals surface area (Å²) in [6, 6.07) is 38.1. The summed E-state index contributed by atoms with van der Waals surface area (Å²) >= 11 is 0. The van der Waals surface area contributed by atoms with Crippen LogP contribution in [-0.4, -0.2) is 28.2 Å². The van der Waals surface area contributed by atoms with E-state index in [0.717, 1.165) is 73.2 Å². The Bertz CT molecular complexity index is 1510. The summed E-state index contributed by atoms with van der Waals surface area (Å²) in [6.07, 6.45) is 2.21. The van der Waals surface area contributed by atoms with Crippen LogP contribution in [0.25, 0.3) is 22.6 Å². The molecule has 0 N–H and O–H groups in total. The van der Waals surface area contributed by atoms with Crippen molar-refractivity contribution < 1.29 is 9.47 Å². The number of hydrogen-bond donors (Lipinski definition) is 0. The molecule has 1 aromatic heterocycles. The maximum Gasteiger partial charge on any atom is 0.140 e. The van der Waals surface area contributed by atoms with E-state index in [1.54, 1.807) is 7.11 Å². The Labute approximate surface area is 250 Å². The molecule has 0 aliphatic rings. The van der Waals surface area contributed by atoms with Gasteiger partial charge < -0.3 is 14.0 Å². The van der Waals surface area contributed by atoms with Crippen LogP contribution in [0.1, 0.15) is 43.5 Å². The van der Waals surface area contributed by atoms with Crippen LogP contribution < -0.4 is 9.47 Å². The fraction of sp³-hybridized carbons (Fsp3) is 0.270. The third kappa shape index (κ3) is 7.29. The SMILES string of the molecule is CCCCn1c(-c2ccccc2)nc(-c2ccccc2)c1CN(Cc1ccc(OC)cc1)Cc1ccc(OCC)cc1. The summed E-state index contributed by atoms with van der Waals surface area (Å²) in [4.78, 5) is 7.84. The molecule has 0 spiro atoms. The zero-order chi connectivity index (χ0) is 29.1. The largest absolute Gasteiger partial charge is 0.497 e. The molecule has 1 heterocycles. The molecule has 0 atom stereocenters. The van der Waals surface area contributed by atoms with E-state index in [1.165, 1.54) is 16.8 Å². The summed E-state index contributed by atoms with van der Waals surface area (Å²) in [6.45, 7) is 8.20. The number of aromatic nitrogens is 2. The number of nitrogens with zero attached hydrogens (tertiary/aromatic N) is 3. The molecule has 0 saturated heterocycles. The molecule has 0 saturated carbocycles. The third-order valence-electron chi connectivity index (χ3n) is 7.47. The van der Waals surface area contributed by atoms with Crippen molar-refractivity contribution in [1.82, 2.24) is 14.5 Å². The maximum atomic E-state index is 5.70. The molecule has 5 rings (SSSR count). The first-order chi connectivity index (χ1) is 20.7. The molecule has 5 aromatic rings. The Hall–Kier alpha value is -4.35. The summed E-state index contributed by atoms with van der Waals surface area (Å²) in [5.74, 6) is 2.80. The topological polar surface area (TPSA) is 39.5 Å².